The van der Waals surface area contributed by atoms with Crippen LogP contribution in [0, 0.1) is 12.3 Å². The molecule has 2 radical (unpaired) electrons. The van der Waals surface area contributed by atoms with Gasteiger partial charge in [-0.15, -0.1) is 0 Å². The van der Waals surface area contributed by atoms with Crippen LogP contribution < -0.4 is 0 Å². The van der Waals surface area contributed by atoms with E-state index in [0.717, 1.165) is 0 Å². The average Bonchev–Trinajstić information content (AvgIpc) is 1.89. The van der Waals surface area contributed by atoms with Gasteiger partial charge in [0.05, 0.1) is 0 Å². The van der Waals surface area contributed by atoms with Gasteiger partial charge < -0.3 is 0 Å². The molecule has 0 aromatic heterocycles. The summed E-state index contributed by atoms with van der Waals surface area (Å²) in [7, 11) is 0. The molecule has 0 aromatic rings. The zero-order valence-electron chi connectivity index (χ0n) is 6.91. The Balaban J connectivity index is 2.88. The lowest BCUT2D eigenvalue weighted by Crippen LogP contribution is -1.91. The molecular formula is C9H18. The van der Waals surface area contributed by atoms with Gasteiger partial charge in [-0.1, -0.05) is 46.5 Å². The highest BCUT2D eigenvalue weighted by atomic mass is 14.0. The molecule has 0 fully saturated rings. The Hall–Kier alpha value is 0. The molecule has 1 unspecified atom stereocenters. The smallest absolute Gasteiger partial charge is 0.0176 e. The maximum Gasteiger partial charge on any atom is -0.0176 e. The average molecular weight is 126 g/mol. The molecule has 54 valence electrons. The Morgan fingerprint density at radius 1 is 1.33 bits per heavy atom. The van der Waals surface area contributed by atoms with Gasteiger partial charge in [0.2, 0.25) is 0 Å². The molecule has 0 nitrogen and oxygen atoms in total. The van der Waals surface area contributed by atoms with Gasteiger partial charge in [-0.2, -0.15) is 0 Å². The van der Waals surface area contributed by atoms with Crippen LogP contribution in [0.15, 0.2) is 0 Å². The number of unbranched alkanes of at least 4 members (excludes halogenated alkanes) is 2. The van der Waals surface area contributed by atoms with Gasteiger partial charge in [0, 0.05) is 0 Å². The molecule has 0 aliphatic carbocycles. The summed E-state index contributed by atoms with van der Waals surface area (Å²) >= 11 is 0. The zero-order valence-corrected chi connectivity index (χ0v) is 6.91. The Labute approximate surface area is 59.7 Å². The van der Waals surface area contributed by atoms with E-state index in [9.17, 15) is 0 Å². The van der Waals surface area contributed by atoms with Gasteiger partial charge in [-0.05, 0) is 12.3 Å². The highest BCUT2D eigenvalue weighted by Crippen LogP contribution is 2.10. The highest BCUT2D eigenvalue weighted by Gasteiger charge is 1.96. The van der Waals surface area contributed by atoms with Crippen molar-refractivity contribution < 1.29 is 0 Å². The molecule has 0 heteroatoms. The molecule has 9 heavy (non-hydrogen) atoms. The maximum atomic E-state index is 3.22. The first-order valence-electron chi connectivity index (χ1n) is 3.98. The van der Waals surface area contributed by atoms with Gasteiger partial charge in [0.1, 0.15) is 0 Å². The van der Waals surface area contributed by atoms with Crippen LogP contribution >= 0.6 is 0 Å². The van der Waals surface area contributed by atoms with Crippen LogP contribution in [-0.4, -0.2) is 0 Å². The highest BCUT2D eigenvalue weighted by molar-refractivity contribution is 4.65. The van der Waals surface area contributed by atoms with Crippen LogP contribution in [0.3, 0.4) is 0 Å². The van der Waals surface area contributed by atoms with Crippen LogP contribution in [0.4, 0.5) is 0 Å². The summed E-state index contributed by atoms with van der Waals surface area (Å²) in [6.07, 6.45) is 8.63. The third-order valence-electron chi connectivity index (χ3n) is 1.73. The lowest BCUT2D eigenvalue weighted by Gasteiger charge is -2.04. The van der Waals surface area contributed by atoms with E-state index in [4.69, 9.17) is 0 Å². The standard InChI is InChI=1S/C9H18/c1-4-6-7-8-9(3)5-2/h9H,4,6-8H2,1-3H3. The van der Waals surface area contributed by atoms with Crippen LogP contribution in [0.25, 0.3) is 0 Å². The molecule has 0 amide bonds. The van der Waals surface area contributed by atoms with Gasteiger partial charge in [0.25, 0.3) is 0 Å². The first-order valence-corrected chi connectivity index (χ1v) is 3.98. The van der Waals surface area contributed by atoms with Crippen molar-refractivity contribution in [2.45, 2.75) is 46.5 Å². The van der Waals surface area contributed by atoms with Gasteiger partial charge in [-0.25, -0.2) is 0 Å². The van der Waals surface area contributed by atoms with E-state index in [0.29, 0.717) is 5.92 Å². The van der Waals surface area contributed by atoms with Crippen molar-refractivity contribution in [2.75, 3.05) is 0 Å². The lowest BCUT2D eigenvalue weighted by molar-refractivity contribution is 0.550. The van der Waals surface area contributed by atoms with Crippen molar-refractivity contribution in [3.05, 3.63) is 6.42 Å². The van der Waals surface area contributed by atoms with Crippen molar-refractivity contribution in [1.82, 2.24) is 0 Å². The quantitative estimate of drug-likeness (QED) is 0.496. The van der Waals surface area contributed by atoms with E-state index in [1.807, 2.05) is 6.92 Å². The first kappa shape index (κ1) is 9.00. The van der Waals surface area contributed by atoms with E-state index in [2.05, 4.69) is 20.3 Å². The van der Waals surface area contributed by atoms with Crippen LogP contribution in [0.5, 0.6) is 0 Å². The number of hydrogen-bond donors (Lipinski definition) is 0. The topological polar surface area (TPSA) is 0 Å². The Morgan fingerprint density at radius 3 is 2.44 bits per heavy atom. The molecule has 0 aromatic carbocycles. The fraction of sp³-hybridized carbons (Fsp3) is 0.889. The predicted octanol–water partition coefficient (Wildman–Crippen LogP) is 3.30. The van der Waals surface area contributed by atoms with Crippen molar-refractivity contribution in [1.29, 1.82) is 0 Å². The second-order valence-corrected chi connectivity index (χ2v) is 2.69. The second kappa shape index (κ2) is 6.12. The van der Waals surface area contributed by atoms with Crippen molar-refractivity contribution >= 4 is 0 Å². The molecule has 0 saturated heterocycles. The molecule has 0 aliphatic heterocycles. The Morgan fingerprint density at radius 2 is 2.00 bits per heavy atom. The lowest BCUT2D eigenvalue weighted by atomic mass is 10.0. The molecule has 0 aliphatic rings. The largest absolute Gasteiger partial charge is 0.0654 e. The van der Waals surface area contributed by atoms with Crippen molar-refractivity contribution in [3.63, 3.8) is 0 Å². The molecule has 0 spiro atoms. The third kappa shape index (κ3) is 5.88. The summed E-state index contributed by atoms with van der Waals surface area (Å²) in [4.78, 5) is 0. The van der Waals surface area contributed by atoms with E-state index in [-0.39, 0.29) is 0 Å². The van der Waals surface area contributed by atoms with Crippen molar-refractivity contribution in [2.24, 2.45) is 5.92 Å². The van der Waals surface area contributed by atoms with Crippen LogP contribution in [0.2, 0.25) is 0 Å². The molecule has 1 atom stereocenters. The minimum absolute atomic E-state index is 0.705. The number of hydrogen-bond acceptors (Lipinski definition) is 0. The molecule has 0 rings (SSSR count). The van der Waals surface area contributed by atoms with Crippen LogP contribution in [-0.2, 0) is 0 Å². The van der Waals surface area contributed by atoms with Crippen LogP contribution in [0.1, 0.15) is 46.5 Å². The summed E-state index contributed by atoms with van der Waals surface area (Å²) in [5, 5.41) is 0. The predicted molar refractivity (Wildman–Crippen MR) is 42.2 cm³/mol. The Bertz CT molecular complexity index is 48.0. The summed E-state index contributed by atoms with van der Waals surface area (Å²) < 4.78 is 0. The molecule has 0 saturated carbocycles. The minimum Gasteiger partial charge on any atom is -0.0654 e. The van der Waals surface area contributed by atoms with Crippen molar-refractivity contribution in [3.8, 4) is 0 Å². The molecule has 0 N–H and O–H groups in total. The van der Waals surface area contributed by atoms with E-state index in [1.165, 1.54) is 25.7 Å². The normalized spacial score (nSPS) is 13.7. The monoisotopic (exact) mass is 126 g/mol. The van der Waals surface area contributed by atoms with E-state index in [1.54, 1.807) is 0 Å². The fourth-order valence-corrected chi connectivity index (χ4v) is 0.845. The minimum atomic E-state index is 0.705. The molecule has 0 heterocycles. The van der Waals surface area contributed by atoms with E-state index >= 15 is 0 Å². The zero-order chi connectivity index (χ0) is 7.11. The summed E-state index contributed by atoms with van der Waals surface area (Å²) in [6.45, 7) is 6.50. The SMILES string of the molecule is C[C]C(C)CCCCC. The number of rotatable bonds is 5. The van der Waals surface area contributed by atoms with Gasteiger partial charge >= 0.3 is 0 Å². The third-order valence-corrected chi connectivity index (χ3v) is 1.73. The molecular weight excluding hydrogens is 108 g/mol. The molecule has 0 bridgehead atoms. The second-order valence-electron chi connectivity index (χ2n) is 2.69. The van der Waals surface area contributed by atoms with Gasteiger partial charge in [0.15, 0.2) is 0 Å². The maximum absolute atomic E-state index is 3.22. The summed E-state index contributed by atoms with van der Waals surface area (Å²) in [5.74, 6) is 0.705. The fourth-order valence-electron chi connectivity index (χ4n) is 0.845. The first-order chi connectivity index (χ1) is 4.31. The van der Waals surface area contributed by atoms with Gasteiger partial charge in [-0.3, -0.25) is 0 Å². The summed E-state index contributed by atoms with van der Waals surface area (Å²) in [5.41, 5.74) is 0. The summed E-state index contributed by atoms with van der Waals surface area (Å²) in [6, 6.07) is 0. The Kier molecular flexibility index (Phi) is 6.12. The van der Waals surface area contributed by atoms with E-state index < -0.39 is 0 Å².